The van der Waals surface area contributed by atoms with Gasteiger partial charge in [0.1, 0.15) is 0 Å². The fourth-order valence-corrected chi connectivity index (χ4v) is 1.96. The Kier molecular flexibility index (Phi) is 5.24. The number of anilines is 1. The van der Waals surface area contributed by atoms with Gasteiger partial charge < -0.3 is 5.32 Å². The summed E-state index contributed by atoms with van der Waals surface area (Å²) in [5, 5.41) is 2.56. The average Bonchev–Trinajstić information content (AvgIpc) is 2.49. The summed E-state index contributed by atoms with van der Waals surface area (Å²) in [7, 11) is 0. The predicted octanol–water partition coefficient (Wildman–Crippen LogP) is 1.97. The minimum atomic E-state index is -1.70. The topological polar surface area (TPSA) is 79.5 Å². The van der Waals surface area contributed by atoms with E-state index in [4.69, 9.17) is 4.28 Å². The Morgan fingerprint density at radius 2 is 1.55 bits per heavy atom. The third-order valence-electron chi connectivity index (χ3n) is 2.25. The Balaban J connectivity index is 1.73. The SMILES string of the molecule is O=C(NNOS(=O)c1ccccc1)Nc1ccccc1. The zero-order chi connectivity index (χ0) is 14.2. The maximum Gasteiger partial charge on any atom is 0.335 e. The normalized spacial score (nSPS) is 11.6. The van der Waals surface area contributed by atoms with E-state index in [1.54, 1.807) is 54.6 Å². The molecular weight excluding hydrogens is 278 g/mol. The Bertz CT molecular complexity index is 578. The molecule has 0 radical (unpaired) electrons. The number of para-hydroxylation sites is 1. The lowest BCUT2D eigenvalue weighted by Gasteiger charge is -2.08. The van der Waals surface area contributed by atoms with E-state index in [0.29, 0.717) is 10.6 Å². The van der Waals surface area contributed by atoms with E-state index in [0.717, 1.165) is 0 Å². The smallest absolute Gasteiger partial charge is 0.307 e. The fourth-order valence-electron chi connectivity index (χ4n) is 1.37. The van der Waals surface area contributed by atoms with Crippen LogP contribution in [0.4, 0.5) is 10.5 Å². The Morgan fingerprint density at radius 3 is 2.20 bits per heavy atom. The van der Waals surface area contributed by atoms with Gasteiger partial charge in [-0.15, -0.1) is 0 Å². The number of carbonyl (C=O) groups is 1. The molecule has 20 heavy (non-hydrogen) atoms. The van der Waals surface area contributed by atoms with E-state index in [1.165, 1.54) is 0 Å². The minimum absolute atomic E-state index is 0.491. The van der Waals surface area contributed by atoms with Gasteiger partial charge in [-0.1, -0.05) is 42.0 Å². The maximum atomic E-state index is 11.6. The lowest BCUT2D eigenvalue weighted by Crippen LogP contribution is -2.40. The summed E-state index contributed by atoms with van der Waals surface area (Å²) in [6.45, 7) is 0. The molecule has 0 saturated heterocycles. The van der Waals surface area contributed by atoms with Crippen molar-refractivity contribution < 1.29 is 13.3 Å². The summed E-state index contributed by atoms with van der Waals surface area (Å²) in [4.78, 5) is 12.0. The van der Waals surface area contributed by atoms with Crippen LogP contribution in [0.1, 0.15) is 0 Å². The highest BCUT2D eigenvalue weighted by atomic mass is 32.2. The van der Waals surface area contributed by atoms with Crippen molar-refractivity contribution in [2.24, 2.45) is 0 Å². The lowest BCUT2D eigenvalue weighted by molar-refractivity contribution is 0.174. The monoisotopic (exact) mass is 291 g/mol. The van der Waals surface area contributed by atoms with Gasteiger partial charge in [0.05, 0.1) is 4.90 Å². The van der Waals surface area contributed by atoms with Crippen LogP contribution in [0.25, 0.3) is 0 Å². The minimum Gasteiger partial charge on any atom is -0.307 e. The number of hydrazine groups is 1. The quantitative estimate of drug-likeness (QED) is 0.736. The molecule has 0 spiro atoms. The zero-order valence-corrected chi connectivity index (χ0v) is 11.2. The number of nitrogens with one attached hydrogen (secondary N) is 3. The average molecular weight is 291 g/mol. The van der Waals surface area contributed by atoms with E-state index in [2.05, 4.69) is 16.3 Å². The predicted molar refractivity (Wildman–Crippen MR) is 75.7 cm³/mol. The van der Waals surface area contributed by atoms with Crippen LogP contribution < -0.4 is 16.3 Å². The van der Waals surface area contributed by atoms with Crippen molar-refractivity contribution in [2.75, 3.05) is 5.32 Å². The van der Waals surface area contributed by atoms with Gasteiger partial charge in [0.2, 0.25) is 11.1 Å². The molecule has 6 nitrogen and oxygen atoms in total. The molecule has 2 amide bonds. The standard InChI is InChI=1S/C13H13N3O3S/c17-13(14-11-7-3-1-4-8-11)15-16-19-20(18)12-9-5-2-6-10-12/h1-10,16H,(H2,14,15,17). The summed E-state index contributed by atoms with van der Waals surface area (Å²) in [5.74, 6) is 0. The van der Waals surface area contributed by atoms with Gasteiger partial charge in [-0.05, 0) is 24.3 Å². The molecule has 2 rings (SSSR count). The molecule has 0 aliphatic heterocycles. The highest BCUT2D eigenvalue weighted by Crippen LogP contribution is 2.05. The molecule has 0 aromatic heterocycles. The van der Waals surface area contributed by atoms with Crippen LogP contribution in [0.15, 0.2) is 65.6 Å². The van der Waals surface area contributed by atoms with E-state index < -0.39 is 17.1 Å². The van der Waals surface area contributed by atoms with Crippen molar-refractivity contribution in [1.29, 1.82) is 0 Å². The first kappa shape index (κ1) is 14.2. The highest BCUT2D eigenvalue weighted by molar-refractivity contribution is 7.80. The molecule has 7 heteroatoms. The van der Waals surface area contributed by atoms with Crippen LogP contribution in [0.5, 0.6) is 0 Å². The Hall–Kier alpha value is -2.22. The number of hydrogen-bond acceptors (Lipinski definition) is 4. The second kappa shape index (κ2) is 7.39. The van der Waals surface area contributed by atoms with Crippen molar-refractivity contribution in [3.63, 3.8) is 0 Å². The molecule has 0 aliphatic carbocycles. The first-order valence-electron chi connectivity index (χ1n) is 5.77. The molecule has 3 N–H and O–H groups in total. The number of rotatable bonds is 5. The first-order valence-corrected chi connectivity index (χ1v) is 6.84. The third kappa shape index (κ3) is 4.47. The highest BCUT2D eigenvalue weighted by Gasteiger charge is 2.05. The molecule has 104 valence electrons. The summed E-state index contributed by atoms with van der Waals surface area (Å²) < 4.78 is 16.4. The largest absolute Gasteiger partial charge is 0.335 e. The third-order valence-corrected chi connectivity index (χ3v) is 3.14. The second-order valence-electron chi connectivity index (χ2n) is 3.68. The first-order chi connectivity index (χ1) is 9.75. The van der Waals surface area contributed by atoms with Gasteiger partial charge >= 0.3 is 6.03 Å². The molecular formula is C13H13N3O3S. The Labute approximate surface area is 118 Å². The molecule has 1 unspecified atom stereocenters. The van der Waals surface area contributed by atoms with Gasteiger partial charge in [0, 0.05) is 5.69 Å². The number of benzene rings is 2. The number of urea groups is 1. The summed E-state index contributed by atoms with van der Waals surface area (Å²) in [5.41, 5.74) is 4.99. The summed E-state index contributed by atoms with van der Waals surface area (Å²) in [6, 6.07) is 17.0. The molecule has 0 saturated carbocycles. The zero-order valence-electron chi connectivity index (χ0n) is 10.4. The van der Waals surface area contributed by atoms with Crippen LogP contribution in [0.2, 0.25) is 0 Å². The lowest BCUT2D eigenvalue weighted by atomic mass is 10.3. The van der Waals surface area contributed by atoms with Gasteiger partial charge in [0.15, 0.2) is 0 Å². The molecule has 2 aromatic carbocycles. The number of amides is 2. The van der Waals surface area contributed by atoms with Gasteiger partial charge in [-0.3, -0.25) is 0 Å². The summed E-state index contributed by atoms with van der Waals surface area (Å²) >= 11 is -1.70. The van der Waals surface area contributed by atoms with Crippen LogP contribution in [-0.4, -0.2) is 10.2 Å². The van der Waals surface area contributed by atoms with Crippen LogP contribution >= 0.6 is 0 Å². The van der Waals surface area contributed by atoms with E-state index in [9.17, 15) is 9.00 Å². The molecule has 0 bridgehead atoms. The Morgan fingerprint density at radius 1 is 0.950 bits per heavy atom. The van der Waals surface area contributed by atoms with Crippen molar-refractivity contribution in [3.8, 4) is 0 Å². The molecule has 2 aromatic rings. The van der Waals surface area contributed by atoms with Crippen molar-refractivity contribution in [1.82, 2.24) is 11.0 Å². The van der Waals surface area contributed by atoms with Crippen LogP contribution in [0, 0.1) is 0 Å². The van der Waals surface area contributed by atoms with E-state index in [-0.39, 0.29) is 0 Å². The molecule has 0 fully saturated rings. The van der Waals surface area contributed by atoms with E-state index in [1.807, 2.05) is 6.07 Å². The van der Waals surface area contributed by atoms with Crippen molar-refractivity contribution in [2.45, 2.75) is 4.90 Å². The molecule has 1 atom stereocenters. The van der Waals surface area contributed by atoms with E-state index >= 15 is 0 Å². The van der Waals surface area contributed by atoms with Gasteiger partial charge in [-0.25, -0.2) is 14.4 Å². The van der Waals surface area contributed by atoms with Gasteiger partial charge in [0.25, 0.3) is 0 Å². The fraction of sp³-hybridized carbons (Fsp3) is 0. The van der Waals surface area contributed by atoms with Crippen molar-refractivity contribution in [3.05, 3.63) is 60.7 Å². The van der Waals surface area contributed by atoms with Crippen LogP contribution in [-0.2, 0) is 15.4 Å². The number of carbonyl (C=O) groups excluding carboxylic acids is 1. The summed E-state index contributed by atoms with van der Waals surface area (Å²) in [6.07, 6.45) is 0. The number of hydrogen-bond donors (Lipinski definition) is 3. The molecule has 0 heterocycles. The maximum absolute atomic E-state index is 11.6. The van der Waals surface area contributed by atoms with Crippen molar-refractivity contribution >= 4 is 22.8 Å². The molecule has 0 aliphatic rings. The second-order valence-corrected chi connectivity index (χ2v) is 4.79. The van der Waals surface area contributed by atoms with Crippen LogP contribution in [0.3, 0.4) is 0 Å². The van der Waals surface area contributed by atoms with Gasteiger partial charge in [-0.2, -0.15) is 4.28 Å².